The van der Waals surface area contributed by atoms with Crippen LogP contribution >= 0.6 is 15.9 Å². The van der Waals surface area contributed by atoms with E-state index in [0.717, 1.165) is 23.2 Å². The molecule has 84 valence electrons. The normalized spacial score (nSPS) is 11.5. The van der Waals surface area contributed by atoms with Crippen LogP contribution in [0.15, 0.2) is 22.7 Å². The van der Waals surface area contributed by atoms with Crippen LogP contribution in [0.1, 0.15) is 32.8 Å². The van der Waals surface area contributed by atoms with Crippen molar-refractivity contribution in [2.75, 3.05) is 6.61 Å². The van der Waals surface area contributed by atoms with Crippen LogP contribution in [0.3, 0.4) is 0 Å². The number of aryl methyl sites for hydroxylation is 1. The van der Waals surface area contributed by atoms with Gasteiger partial charge in [-0.15, -0.1) is 0 Å². The zero-order valence-electron chi connectivity index (χ0n) is 9.93. The Kier molecular flexibility index (Phi) is 4.21. The second-order valence-corrected chi connectivity index (χ2v) is 5.92. The summed E-state index contributed by atoms with van der Waals surface area (Å²) in [6.45, 7) is 9.53. The van der Waals surface area contributed by atoms with Gasteiger partial charge in [-0.1, -0.05) is 36.7 Å². The zero-order valence-corrected chi connectivity index (χ0v) is 11.5. The molecule has 0 atom stereocenters. The Morgan fingerprint density at radius 3 is 2.47 bits per heavy atom. The van der Waals surface area contributed by atoms with E-state index in [0.29, 0.717) is 5.41 Å². The van der Waals surface area contributed by atoms with Crippen LogP contribution in [0.5, 0.6) is 5.75 Å². The molecule has 0 aliphatic rings. The lowest BCUT2D eigenvalue weighted by Crippen LogP contribution is -2.11. The van der Waals surface area contributed by atoms with Crippen LogP contribution in [0.2, 0.25) is 0 Å². The van der Waals surface area contributed by atoms with Gasteiger partial charge in [0.1, 0.15) is 5.75 Å². The van der Waals surface area contributed by atoms with E-state index >= 15 is 0 Å². The highest BCUT2D eigenvalue weighted by Crippen LogP contribution is 2.23. The van der Waals surface area contributed by atoms with E-state index in [4.69, 9.17) is 4.74 Å². The Balaban J connectivity index is 2.48. The molecule has 0 aliphatic carbocycles. The molecule has 0 fully saturated rings. The molecule has 0 bridgehead atoms. The Morgan fingerprint density at radius 1 is 1.27 bits per heavy atom. The van der Waals surface area contributed by atoms with Crippen molar-refractivity contribution < 1.29 is 4.74 Å². The summed E-state index contributed by atoms with van der Waals surface area (Å²) < 4.78 is 6.83. The number of hydrogen-bond acceptors (Lipinski definition) is 1. The molecule has 1 nitrogen and oxygen atoms in total. The SMILES string of the molecule is Cc1cc(OCCC(C)(C)C)ccc1Br. The fourth-order valence-electron chi connectivity index (χ4n) is 1.18. The van der Waals surface area contributed by atoms with Gasteiger partial charge in [0.05, 0.1) is 6.61 Å². The standard InChI is InChI=1S/C13H19BrO/c1-10-9-11(5-6-12(10)14)15-8-7-13(2,3)4/h5-6,9H,7-8H2,1-4H3. The van der Waals surface area contributed by atoms with Crippen LogP contribution in [0.4, 0.5) is 0 Å². The van der Waals surface area contributed by atoms with Crippen molar-refractivity contribution in [3.05, 3.63) is 28.2 Å². The average molecular weight is 271 g/mol. The molecule has 15 heavy (non-hydrogen) atoms. The number of halogens is 1. The van der Waals surface area contributed by atoms with Crippen molar-refractivity contribution in [2.24, 2.45) is 5.41 Å². The Morgan fingerprint density at radius 2 is 1.93 bits per heavy atom. The molecule has 0 saturated carbocycles. The quantitative estimate of drug-likeness (QED) is 0.782. The first-order valence-electron chi connectivity index (χ1n) is 5.27. The van der Waals surface area contributed by atoms with Gasteiger partial charge in [-0.3, -0.25) is 0 Å². The summed E-state index contributed by atoms with van der Waals surface area (Å²) in [5, 5.41) is 0. The Bertz CT molecular complexity index is 326. The largest absolute Gasteiger partial charge is 0.494 e. The second kappa shape index (κ2) is 5.02. The predicted octanol–water partition coefficient (Wildman–Crippen LogP) is 4.57. The lowest BCUT2D eigenvalue weighted by molar-refractivity contribution is 0.243. The molecule has 0 unspecified atom stereocenters. The van der Waals surface area contributed by atoms with Gasteiger partial charge in [0.15, 0.2) is 0 Å². The van der Waals surface area contributed by atoms with Gasteiger partial charge in [-0.25, -0.2) is 0 Å². The van der Waals surface area contributed by atoms with E-state index in [1.807, 2.05) is 12.1 Å². The number of rotatable bonds is 3. The summed E-state index contributed by atoms with van der Waals surface area (Å²) in [7, 11) is 0. The summed E-state index contributed by atoms with van der Waals surface area (Å²) in [4.78, 5) is 0. The van der Waals surface area contributed by atoms with Crippen molar-refractivity contribution in [3.63, 3.8) is 0 Å². The highest BCUT2D eigenvalue weighted by Gasteiger charge is 2.09. The maximum Gasteiger partial charge on any atom is 0.119 e. The third kappa shape index (κ3) is 4.70. The van der Waals surface area contributed by atoms with E-state index < -0.39 is 0 Å². The van der Waals surface area contributed by atoms with Crippen molar-refractivity contribution >= 4 is 15.9 Å². The molecule has 1 aromatic rings. The molecule has 0 heterocycles. The van der Waals surface area contributed by atoms with Gasteiger partial charge in [-0.05, 0) is 42.5 Å². The van der Waals surface area contributed by atoms with Crippen LogP contribution < -0.4 is 4.74 Å². The highest BCUT2D eigenvalue weighted by molar-refractivity contribution is 9.10. The van der Waals surface area contributed by atoms with Gasteiger partial charge in [0.2, 0.25) is 0 Å². The molecule has 0 N–H and O–H groups in total. The van der Waals surface area contributed by atoms with Gasteiger partial charge in [-0.2, -0.15) is 0 Å². The van der Waals surface area contributed by atoms with E-state index in [9.17, 15) is 0 Å². The predicted molar refractivity (Wildman–Crippen MR) is 68.4 cm³/mol. The summed E-state index contributed by atoms with van der Waals surface area (Å²) in [5.74, 6) is 0.958. The molecule has 0 saturated heterocycles. The molecule has 0 radical (unpaired) electrons. The van der Waals surface area contributed by atoms with Crippen molar-refractivity contribution in [2.45, 2.75) is 34.1 Å². The van der Waals surface area contributed by atoms with Gasteiger partial charge in [0.25, 0.3) is 0 Å². The minimum atomic E-state index is 0.338. The maximum absolute atomic E-state index is 5.70. The van der Waals surface area contributed by atoms with E-state index in [1.54, 1.807) is 0 Å². The molecule has 0 aromatic heterocycles. The highest BCUT2D eigenvalue weighted by atomic mass is 79.9. The fraction of sp³-hybridized carbons (Fsp3) is 0.538. The summed E-state index contributed by atoms with van der Waals surface area (Å²) in [6, 6.07) is 6.09. The van der Waals surface area contributed by atoms with Gasteiger partial charge in [0, 0.05) is 4.47 Å². The zero-order chi connectivity index (χ0) is 11.5. The van der Waals surface area contributed by atoms with E-state index in [-0.39, 0.29) is 0 Å². The van der Waals surface area contributed by atoms with Crippen LogP contribution in [0.25, 0.3) is 0 Å². The summed E-state index contributed by atoms with van der Waals surface area (Å²) in [6.07, 6.45) is 1.07. The van der Waals surface area contributed by atoms with Crippen LogP contribution in [0, 0.1) is 12.3 Å². The van der Waals surface area contributed by atoms with Gasteiger partial charge >= 0.3 is 0 Å². The first kappa shape index (κ1) is 12.6. The minimum Gasteiger partial charge on any atom is -0.494 e. The lowest BCUT2D eigenvalue weighted by Gasteiger charge is -2.18. The van der Waals surface area contributed by atoms with Crippen molar-refractivity contribution in [3.8, 4) is 5.75 Å². The molecule has 1 aromatic carbocycles. The van der Waals surface area contributed by atoms with Gasteiger partial charge < -0.3 is 4.74 Å². The maximum atomic E-state index is 5.70. The first-order chi connectivity index (χ1) is 6.88. The molecule has 0 aliphatic heterocycles. The van der Waals surface area contributed by atoms with Crippen molar-refractivity contribution in [1.29, 1.82) is 0 Å². The number of benzene rings is 1. The summed E-state index contributed by atoms with van der Waals surface area (Å²) >= 11 is 3.47. The summed E-state index contributed by atoms with van der Waals surface area (Å²) in [5.41, 5.74) is 1.55. The third-order valence-electron chi connectivity index (χ3n) is 2.25. The van der Waals surface area contributed by atoms with Crippen LogP contribution in [-0.4, -0.2) is 6.61 Å². The fourth-order valence-corrected chi connectivity index (χ4v) is 1.43. The van der Waals surface area contributed by atoms with Crippen LogP contribution in [-0.2, 0) is 0 Å². The van der Waals surface area contributed by atoms with E-state index in [2.05, 4.69) is 49.7 Å². The molecule has 2 heteroatoms. The monoisotopic (exact) mass is 270 g/mol. The number of hydrogen-bond donors (Lipinski definition) is 0. The number of ether oxygens (including phenoxy) is 1. The first-order valence-corrected chi connectivity index (χ1v) is 6.07. The molecule has 0 spiro atoms. The molecular weight excluding hydrogens is 252 g/mol. The lowest BCUT2D eigenvalue weighted by atomic mass is 9.93. The molecule has 0 amide bonds. The molecule has 1 rings (SSSR count). The average Bonchev–Trinajstić information content (AvgIpc) is 2.09. The second-order valence-electron chi connectivity index (χ2n) is 5.07. The van der Waals surface area contributed by atoms with Crippen molar-refractivity contribution in [1.82, 2.24) is 0 Å². The Hall–Kier alpha value is -0.500. The Labute approximate surface area is 101 Å². The third-order valence-corrected chi connectivity index (χ3v) is 3.14. The minimum absolute atomic E-state index is 0.338. The topological polar surface area (TPSA) is 9.23 Å². The van der Waals surface area contributed by atoms with E-state index in [1.165, 1.54) is 5.56 Å². The molecular formula is C13H19BrO. The smallest absolute Gasteiger partial charge is 0.119 e.